The van der Waals surface area contributed by atoms with Crippen molar-refractivity contribution in [2.75, 3.05) is 18.6 Å². The Hall–Kier alpha value is -1.92. The van der Waals surface area contributed by atoms with Gasteiger partial charge in [0.15, 0.2) is 17.6 Å². The summed E-state index contributed by atoms with van der Waals surface area (Å²) in [4.78, 5) is 17.9. The summed E-state index contributed by atoms with van der Waals surface area (Å²) in [6.45, 7) is 4.59. The minimum atomic E-state index is -0.570. The molecule has 0 amide bonds. The van der Waals surface area contributed by atoms with Gasteiger partial charge in [-0.15, -0.1) is 11.3 Å². The number of benzene rings is 1. The van der Waals surface area contributed by atoms with Crippen molar-refractivity contribution in [3.63, 3.8) is 0 Å². The minimum Gasteiger partial charge on any atom is -0.497 e. The molecule has 1 atom stereocenters. The highest BCUT2D eigenvalue weighted by molar-refractivity contribution is 7.14. The molecule has 0 aliphatic carbocycles. The number of carbonyl (C=O) groups is 1. The topological polar surface area (TPSA) is 51.7 Å². The quantitative estimate of drug-likeness (QED) is 0.811. The predicted molar refractivity (Wildman–Crippen MR) is 86.5 cm³/mol. The summed E-state index contributed by atoms with van der Waals surface area (Å²) < 4.78 is 10.8. The van der Waals surface area contributed by atoms with Gasteiger partial charge in [0, 0.05) is 10.9 Å². The fourth-order valence-corrected chi connectivity index (χ4v) is 3.56. The fourth-order valence-electron chi connectivity index (χ4n) is 2.54. The molecule has 2 heterocycles. The van der Waals surface area contributed by atoms with Gasteiger partial charge in [0.1, 0.15) is 5.75 Å². The highest BCUT2D eigenvalue weighted by atomic mass is 32.1. The van der Waals surface area contributed by atoms with Crippen LogP contribution in [0.3, 0.4) is 0 Å². The molecule has 116 valence electrons. The smallest absolute Gasteiger partial charge is 0.189 e. The molecule has 0 N–H and O–H groups in total. The van der Waals surface area contributed by atoms with E-state index in [0.29, 0.717) is 6.61 Å². The van der Waals surface area contributed by atoms with E-state index >= 15 is 0 Å². The van der Waals surface area contributed by atoms with Gasteiger partial charge in [-0.25, -0.2) is 4.98 Å². The van der Waals surface area contributed by atoms with Crippen LogP contribution in [0.2, 0.25) is 0 Å². The monoisotopic (exact) mass is 318 g/mol. The van der Waals surface area contributed by atoms with Crippen LogP contribution in [0, 0.1) is 0 Å². The van der Waals surface area contributed by atoms with E-state index in [1.54, 1.807) is 7.11 Å². The molecule has 0 spiro atoms. The summed E-state index contributed by atoms with van der Waals surface area (Å²) in [5.74, 6) is 0.794. The van der Waals surface area contributed by atoms with Crippen LogP contribution >= 0.6 is 11.3 Å². The molecule has 0 saturated carbocycles. The molecule has 22 heavy (non-hydrogen) atoms. The van der Waals surface area contributed by atoms with Gasteiger partial charge in [-0.2, -0.15) is 0 Å². The van der Waals surface area contributed by atoms with Crippen molar-refractivity contribution >= 4 is 22.8 Å². The zero-order valence-corrected chi connectivity index (χ0v) is 13.6. The highest BCUT2D eigenvalue weighted by Gasteiger charge is 2.42. The summed E-state index contributed by atoms with van der Waals surface area (Å²) in [5.41, 5.74) is 1.60. The maximum Gasteiger partial charge on any atom is 0.189 e. The maximum absolute atomic E-state index is 11.2. The molecule has 0 bridgehead atoms. The van der Waals surface area contributed by atoms with E-state index in [1.807, 2.05) is 48.4 Å². The Morgan fingerprint density at radius 1 is 1.50 bits per heavy atom. The van der Waals surface area contributed by atoms with Crippen molar-refractivity contribution in [3.05, 3.63) is 29.6 Å². The van der Waals surface area contributed by atoms with E-state index in [-0.39, 0.29) is 5.54 Å². The molecular weight excluding hydrogens is 300 g/mol. The number of carbonyl (C=O) groups excluding carboxylic acids is 1. The third-order valence-electron chi connectivity index (χ3n) is 3.69. The van der Waals surface area contributed by atoms with Crippen LogP contribution in [0.1, 0.15) is 13.8 Å². The fraction of sp³-hybridized carbons (Fsp3) is 0.375. The zero-order valence-electron chi connectivity index (χ0n) is 12.8. The molecule has 3 rings (SSSR count). The Labute approximate surface area is 133 Å². The van der Waals surface area contributed by atoms with E-state index in [2.05, 4.69) is 4.98 Å². The first-order chi connectivity index (χ1) is 10.5. The van der Waals surface area contributed by atoms with Crippen molar-refractivity contribution in [2.45, 2.75) is 25.6 Å². The second-order valence-electron chi connectivity index (χ2n) is 5.77. The number of methoxy groups -OCH3 is 1. The Kier molecular flexibility index (Phi) is 3.88. The summed E-state index contributed by atoms with van der Waals surface area (Å²) in [6.07, 6.45) is 0.251. The Morgan fingerprint density at radius 2 is 2.32 bits per heavy atom. The van der Waals surface area contributed by atoms with Gasteiger partial charge in [-0.1, -0.05) is 12.1 Å². The van der Waals surface area contributed by atoms with E-state index < -0.39 is 6.23 Å². The Morgan fingerprint density at radius 3 is 3.05 bits per heavy atom. The average Bonchev–Trinajstić information content (AvgIpc) is 3.10. The van der Waals surface area contributed by atoms with E-state index in [0.717, 1.165) is 28.4 Å². The van der Waals surface area contributed by atoms with Gasteiger partial charge in [-0.05, 0) is 26.0 Å². The van der Waals surface area contributed by atoms with E-state index in [1.165, 1.54) is 11.3 Å². The Balaban J connectivity index is 1.94. The van der Waals surface area contributed by atoms with E-state index in [4.69, 9.17) is 9.47 Å². The lowest BCUT2D eigenvalue weighted by Crippen LogP contribution is -2.45. The van der Waals surface area contributed by atoms with Gasteiger partial charge < -0.3 is 14.4 Å². The number of anilines is 1. The SMILES string of the molecule is COc1cccc(-c2csc(N3C(C=O)OCC3(C)C)n2)c1. The van der Waals surface area contributed by atoms with E-state index in [9.17, 15) is 4.79 Å². The molecule has 0 radical (unpaired) electrons. The van der Waals surface area contributed by atoms with Gasteiger partial charge in [-0.3, -0.25) is 4.79 Å². The van der Waals surface area contributed by atoms with Crippen molar-refractivity contribution in [1.82, 2.24) is 4.98 Å². The molecule has 1 aliphatic rings. The normalized spacial score (nSPS) is 20.1. The third-order valence-corrected chi connectivity index (χ3v) is 4.53. The lowest BCUT2D eigenvalue weighted by Gasteiger charge is -2.30. The maximum atomic E-state index is 11.2. The lowest BCUT2D eigenvalue weighted by molar-refractivity contribution is -0.115. The standard InChI is InChI=1S/C16H18N2O3S/c1-16(2)10-21-14(8-19)18(16)15-17-13(9-22-15)11-5-4-6-12(7-11)20-3/h4-9,14H,10H2,1-3H3. The van der Waals surface area contributed by atoms with Crippen molar-refractivity contribution < 1.29 is 14.3 Å². The van der Waals surface area contributed by atoms with Crippen LogP contribution < -0.4 is 9.64 Å². The molecule has 1 saturated heterocycles. The first-order valence-electron chi connectivity index (χ1n) is 7.01. The number of rotatable bonds is 4. The number of nitrogens with zero attached hydrogens (tertiary/aromatic N) is 2. The first-order valence-corrected chi connectivity index (χ1v) is 7.89. The zero-order chi connectivity index (χ0) is 15.7. The van der Waals surface area contributed by atoms with Crippen molar-refractivity contribution in [2.24, 2.45) is 0 Å². The number of hydrogen-bond donors (Lipinski definition) is 0. The molecule has 1 unspecified atom stereocenters. The van der Waals surface area contributed by atoms with Gasteiger partial charge in [0.2, 0.25) is 0 Å². The molecule has 1 fully saturated rings. The summed E-state index contributed by atoms with van der Waals surface area (Å²) >= 11 is 1.51. The molecule has 1 aromatic heterocycles. The molecule has 2 aromatic rings. The molecule has 1 aromatic carbocycles. The second-order valence-corrected chi connectivity index (χ2v) is 6.60. The number of aromatic nitrogens is 1. The lowest BCUT2D eigenvalue weighted by atomic mass is 10.1. The van der Waals surface area contributed by atoms with Crippen LogP contribution in [0.25, 0.3) is 11.3 Å². The van der Waals surface area contributed by atoms with Gasteiger partial charge in [0.25, 0.3) is 0 Å². The third kappa shape index (κ3) is 2.60. The van der Waals surface area contributed by atoms with Crippen LogP contribution in [0.15, 0.2) is 29.6 Å². The molecule has 6 heteroatoms. The summed E-state index contributed by atoms with van der Waals surface area (Å²) in [6, 6.07) is 7.77. The van der Waals surface area contributed by atoms with Crippen molar-refractivity contribution in [1.29, 1.82) is 0 Å². The number of thiazole rings is 1. The minimum absolute atomic E-state index is 0.255. The molecule has 1 aliphatic heterocycles. The number of aldehydes is 1. The van der Waals surface area contributed by atoms with Gasteiger partial charge >= 0.3 is 0 Å². The molecular formula is C16H18N2O3S. The van der Waals surface area contributed by atoms with Gasteiger partial charge in [0.05, 0.1) is 24.9 Å². The largest absolute Gasteiger partial charge is 0.497 e. The highest BCUT2D eigenvalue weighted by Crippen LogP contribution is 2.36. The first kappa shape index (κ1) is 15.0. The van der Waals surface area contributed by atoms with Crippen molar-refractivity contribution in [3.8, 4) is 17.0 Å². The van der Waals surface area contributed by atoms with Crippen LogP contribution in [-0.4, -0.2) is 36.8 Å². The van der Waals surface area contributed by atoms with Crippen LogP contribution in [0.4, 0.5) is 5.13 Å². The summed E-state index contributed by atoms with van der Waals surface area (Å²) in [5, 5.41) is 2.78. The summed E-state index contributed by atoms with van der Waals surface area (Å²) in [7, 11) is 1.64. The molecule has 5 nitrogen and oxygen atoms in total. The number of hydrogen-bond acceptors (Lipinski definition) is 6. The van der Waals surface area contributed by atoms with Crippen LogP contribution in [-0.2, 0) is 9.53 Å². The predicted octanol–water partition coefficient (Wildman–Crippen LogP) is 2.96. The average molecular weight is 318 g/mol. The van der Waals surface area contributed by atoms with Crippen LogP contribution in [0.5, 0.6) is 5.75 Å². The number of ether oxygens (including phenoxy) is 2. The Bertz CT molecular complexity index is 684. The second kappa shape index (κ2) is 5.70.